The van der Waals surface area contributed by atoms with Crippen molar-refractivity contribution < 1.29 is 135 Å². The molecule has 7 saturated heterocycles. The van der Waals surface area contributed by atoms with Crippen LogP contribution in [0.1, 0.15) is 135 Å². The summed E-state index contributed by atoms with van der Waals surface area (Å²) in [4.78, 5) is 242. The fourth-order valence-electron chi connectivity index (χ4n) is 16.4. The van der Waals surface area contributed by atoms with E-state index in [9.17, 15) is 86.8 Å². The van der Waals surface area contributed by atoms with E-state index in [1.165, 1.54) is 75.0 Å². The van der Waals surface area contributed by atoms with E-state index in [0.717, 1.165) is 48.5 Å². The molecule has 0 spiro atoms. The van der Waals surface area contributed by atoms with Crippen LogP contribution < -0.4 is 73.6 Å². The maximum atomic E-state index is 14.7. The van der Waals surface area contributed by atoms with E-state index in [4.69, 9.17) is 185 Å². The summed E-state index contributed by atoms with van der Waals surface area (Å²) >= 11 is 33.0. The second-order valence-electron chi connectivity index (χ2n) is 33.7. The molecular weight excluding hydrogens is 2160 g/mol. The minimum Gasteiger partial charge on any atom is -0.383 e. The SMILES string of the molecule is CC[C@H]1O[C@@H](n2cc(C)c(N)nc2=O)C[C@H]1OP(O)(=S)OC[C@H]1O[C@@H](n2cnc3c(N)ncnc32)C[C@H]1OP(O)(=S)OC[C@H]1O[C@@H](n2cc(C)c(=O)[nH]c2=O)C[C@H]1OP(O)(=S)OC[C@H]1O[C@@H](n2cc(C)c(=O)[nH]c2=O)C[C@H]1OP(=O)(O)OC[C@H]1O[C@@H](n2cc(C)c(=O)[nH]c2=O)C[C@H]1OP(O)(=S)OC[C@H]1O[C@@H](n2cc(C)c(N)nc2=O)C[C@H]1OP(O)(=S)OC[C@H]1O[C@@H](n2cc(C)c(=O)[nH]c2=O)C[C@H]1OP(O)(=S)OC. The topological polar surface area (TPSA) is 763 Å². The summed E-state index contributed by atoms with van der Waals surface area (Å²) in [5.41, 5.74) is 10.7. The number of aromatic nitrogens is 16. The molecule has 8 aromatic rings. The number of nitrogens with zero attached hydrogens (tertiary/aromatic N) is 12. The second kappa shape index (κ2) is 44.5. The minimum absolute atomic E-state index is 0.00776. The Morgan fingerprint density at radius 3 is 0.895 bits per heavy atom. The highest BCUT2D eigenvalue weighted by Gasteiger charge is 2.52. The molecule has 0 amide bonds. The summed E-state index contributed by atoms with van der Waals surface area (Å²) in [5, 5.41) is 0. The van der Waals surface area contributed by atoms with Crippen molar-refractivity contribution in [3.05, 3.63) is 188 Å². The summed E-state index contributed by atoms with van der Waals surface area (Å²) < 4.78 is 148. The number of imidazole rings is 1. The third kappa shape index (κ3) is 26.7. The van der Waals surface area contributed by atoms with Gasteiger partial charge in [-0.05, 0) is 119 Å². The first kappa shape index (κ1) is 111. The molecule has 15 rings (SSSR count). The Balaban J connectivity index is 0.633. The Morgan fingerprint density at radius 2 is 0.601 bits per heavy atom. The third-order valence-electron chi connectivity index (χ3n) is 23.7. The molecule has 7 fully saturated rings. The lowest BCUT2D eigenvalue weighted by Crippen LogP contribution is -2.33. The van der Waals surface area contributed by atoms with Crippen LogP contribution in [0.5, 0.6) is 0 Å². The van der Waals surface area contributed by atoms with E-state index >= 15 is 0 Å². The van der Waals surface area contributed by atoms with Gasteiger partial charge in [-0.1, -0.05) is 6.92 Å². The average Bonchev–Trinajstić information content (AvgIpc) is 1.61. The van der Waals surface area contributed by atoms with Gasteiger partial charge in [-0.3, -0.25) is 80.1 Å². The summed E-state index contributed by atoms with van der Waals surface area (Å²) in [5.74, 6) is -0.0884. The highest BCUT2D eigenvalue weighted by atomic mass is 32.5. The first-order valence-corrected chi connectivity index (χ1v) is 60.1. The van der Waals surface area contributed by atoms with Crippen LogP contribution in [0.3, 0.4) is 0 Å². The third-order valence-corrected chi connectivity index (χ3v) is 34.3. The summed E-state index contributed by atoms with van der Waals surface area (Å²) in [6.45, 7) is -21.6. The van der Waals surface area contributed by atoms with Crippen LogP contribution in [0.15, 0.2) is 97.8 Å². The number of anilines is 3. The second-order valence-corrected chi connectivity index (χ2v) is 52.0. The molecule has 7 unspecified atom stereocenters. The van der Waals surface area contributed by atoms with Crippen molar-refractivity contribution in [2.24, 2.45) is 0 Å². The van der Waals surface area contributed by atoms with Gasteiger partial charge in [0.15, 0.2) is 11.5 Å². The van der Waals surface area contributed by atoms with E-state index in [1.54, 1.807) is 13.8 Å². The van der Waals surface area contributed by atoms with Crippen molar-refractivity contribution in [2.75, 3.05) is 64.0 Å². The number of phosphoric acid groups is 1. The molecule has 58 nitrogen and oxygen atoms in total. The molecule has 8 aromatic heterocycles. The lowest BCUT2D eigenvalue weighted by Gasteiger charge is -2.28. The zero-order valence-electron chi connectivity index (χ0n) is 76.0. The molecule has 0 saturated carbocycles. The van der Waals surface area contributed by atoms with Gasteiger partial charge in [0.25, 0.3) is 22.2 Å². The number of hydrogen-bond donors (Lipinski definition) is 14. The number of H-pyrrole nitrogens is 4. The fourth-order valence-corrected chi connectivity index (χ4v) is 25.7. The molecule has 0 aromatic carbocycles. The first-order valence-electron chi connectivity index (χ1n) is 43.1. The Hall–Kier alpha value is -6.56. The van der Waals surface area contributed by atoms with Crippen molar-refractivity contribution in [2.45, 2.75) is 229 Å². The van der Waals surface area contributed by atoms with E-state index in [1.807, 2.05) is 0 Å². The van der Waals surface area contributed by atoms with Gasteiger partial charge in [0.1, 0.15) is 110 Å². The standard InChI is InChI=1S/C72H98N19O39P7S6/c1-9-37-38(10-51(117-37)85-17-31(2)59(73)79-67(85)96)126-133(105,139)113-28-50-44(16-57(123-50)91-30-78-58-61(75)76-29-77-62(58)91)130-137(109,143)116-27-49-43(15-56(122-49)90-22-36(7)66(95)84-72(90)101)129-134(106,140)112-24-46-39(11-52(119-46)87-19-33(4)63(92)81-69(87)98)124-131(102,103)111-23-45-41(13-55(118-45)89-21-35(6)65(94)83-71(89)100)127-135(107,141)115-26-48-42(14-53(121-48)86-18-32(3)60(74)80-68(86)97)128-136(108,142)114-25-47-40(125-132(104,138)110-8)12-54(120-47)88-20-34(5)64(93)82-70(88)99/h17-22,29-30,37-57H,9-16,23-28H2,1-8H3,(H,102,103)(H,104,138)(H,105,139)(H,106,140)(H,107,141)(H,108,142)(H,109,143)(H2,73,79,96)(H2,74,80,97)(H2,75,76,77)(H,81,92,98)(H,82,93,99)(H,83,94,100)(H,84,95,101)/t37-,38-,39-,40-,41-,42-,43-,44-,45-,46-,47-,48-,49-,50-,51-,52-,53-,54-,55-,56-,57-,132?,133?,134?,135?,136?,137?/m1/s1. The Labute approximate surface area is 834 Å². The van der Waals surface area contributed by atoms with E-state index < -0.39 is 292 Å². The van der Waals surface area contributed by atoms with Gasteiger partial charge in [-0.2, -0.15) is 9.97 Å². The van der Waals surface area contributed by atoms with Crippen LogP contribution in [-0.2, 0) is 172 Å². The quantitative estimate of drug-likeness (QED) is 0.0231. The summed E-state index contributed by atoms with van der Waals surface area (Å²) in [7, 11) is -4.55. The van der Waals surface area contributed by atoms with Crippen LogP contribution in [-0.4, -0.2) is 243 Å². The molecule has 17 N–H and O–H groups in total. The Kier molecular flexibility index (Phi) is 34.4. The monoisotopic (exact) mass is 2260 g/mol. The minimum atomic E-state index is -5.63. The van der Waals surface area contributed by atoms with Gasteiger partial charge >= 0.3 is 82.3 Å². The zero-order valence-corrected chi connectivity index (χ0v) is 87.2. The van der Waals surface area contributed by atoms with Gasteiger partial charge in [0, 0.05) is 123 Å². The van der Waals surface area contributed by atoms with E-state index in [-0.39, 0.29) is 76.6 Å². The van der Waals surface area contributed by atoms with E-state index in [2.05, 4.69) is 44.9 Å². The number of nitrogen functional groups attached to an aromatic ring is 3. The molecule has 0 bridgehead atoms. The number of nitrogens with two attached hydrogens (primary N) is 3. The average molecular weight is 2260 g/mol. The summed E-state index contributed by atoms with van der Waals surface area (Å²) in [6, 6.07) is 0. The zero-order chi connectivity index (χ0) is 104. The van der Waals surface area contributed by atoms with Crippen LogP contribution >= 0.6 is 48.1 Å². The molecule has 15 heterocycles. The molecule has 143 heavy (non-hydrogen) atoms. The predicted molar refractivity (Wildman–Crippen MR) is 515 cm³/mol. The van der Waals surface area contributed by atoms with Crippen LogP contribution in [0, 0.1) is 41.5 Å². The Morgan fingerprint density at radius 1 is 0.350 bits per heavy atom. The highest BCUT2D eigenvalue weighted by Crippen LogP contribution is 2.59. The van der Waals surface area contributed by atoms with Crippen molar-refractivity contribution in [1.29, 1.82) is 0 Å². The van der Waals surface area contributed by atoms with Crippen molar-refractivity contribution in [1.82, 2.24) is 76.8 Å². The normalized spacial score (nSPS) is 29.7. The van der Waals surface area contributed by atoms with Crippen LogP contribution in [0.4, 0.5) is 17.5 Å². The maximum Gasteiger partial charge on any atom is 0.472 e. The molecule has 0 radical (unpaired) electrons. The smallest absolute Gasteiger partial charge is 0.383 e. The molecule has 71 heteroatoms. The van der Waals surface area contributed by atoms with E-state index in [0.29, 0.717) is 17.5 Å². The number of hydrogen-bond acceptors (Lipinski definition) is 46. The van der Waals surface area contributed by atoms with Gasteiger partial charge in [0.2, 0.25) is 0 Å². The number of aryl methyl sites for hydroxylation is 6. The number of phosphoric ester groups is 1. The molecule has 786 valence electrons. The number of aromatic amines is 4. The predicted octanol–water partition coefficient (Wildman–Crippen LogP) is 0.404. The maximum absolute atomic E-state index is 14.7. The van der Waals surface area contributed by atoms with Crippen molar-refractivity contribution in [3.63, 3.8) is 0 Å². The lowest BCUT2D eigenvalue weighted by atomic mass is 10.1. The van der Waals surface area contributed by atoms with Crippen molar-refractivity contribution in [3.8, 4) is 0 Å². The van der Waals surface area contributed by atoms with Gasteiger partial charge < -0.3 is 139 Å². The largest absolute Gasteiger partial charge is 0.472 e. The summed E-state index contributed by atoms with van der Waals surface area (Å²) in [6.07, 6.45) is -20.4. The molecule has 0 aliphatic carbocycles. The highest BCUT2D eigenvalue weighted by molar-refractivity contribution is 8.08. The van der Waals surface area contributed by atoms with Gasteiger partial charge in [-0.15, -0.1) is 0 Å². The Bertz CT molecular complexity index is 7180. The first-order chi connectivity index (χ1) is 67.1. The lowest BCUT2D eigenvalue weighted by molar-refractivity contribution is -0.0607. The molecule has 7 aliphatic heterocycles. The van der Waals surface area contributed by atoms with Gasteiger partial charge in [-0.25, -0.2) is 48.3 Å². The molecule has 28 atom stereocenters. The number of fused-ring (bicyclic) bond motifs is 1. The number of nitrogens with one attached hydrogen (secondary N) is 4. The number of rotatable bonds is 41. The molecular formula is C72H98N19O39P7S6. The van der Waals surface area contributed by atoms with Gasteiger partial charge in [0.05, 0.1) is 88.7 Å². The van der Waals surface area contributed by atoms with Crippen molar-refractivity contribution >= 4 is 148 Å². The van der Waals surface area contributed by atoms with Crippen LogP contribution in [0.2, 0.25) is 0 Å². The van der Waals surface area contributed by atoms with Crippen LogP contribution in [0.25, 0.3) is 11.2 Å². The molecule has 7 aliphatic rings. The fraction of sp³-hybridized carbons (Fsp3) is 0.597. The number of ether oxygens (including phenoxy) is 7.